The monoisotopic (exact) mass is 615 g/mol. The number of hydrogen-bond donors (Lipinski definition) is 0. The number of nitrogens with zero attached hydrogens (tertiary/aromatic N) is 5. The first kappa shape index (κ1) is 26.5. The number of nitrogens with one attached hydrogen (secondary N) is 1. The van der Waals surface area contributed by atoms with Gasteiger partial charge in [0, 0.05) is 21.8 Å². The van der Waals surface area contributed by atoms with E-state index >= 15 is 0 Å². The number of benzene rings is 6. The van der Waals surface area contributed by atoms with E-state index in [0.29, 0.717) is 5.82 Å². The highest BCUT2D eigenvalue weighted by Gasteiger charge is 2.23. The van der Waals surface area contributed by atoms with Crippen molar-refractivity contribution in [1.29, 1.82) is 0 Å². The van der Waals surface area contributed by atoms with Crippen molar-refractivity contribution in [3.05, 3.63) is 158 Å². The summed E-state index contributed by atoms with van der Waals surface area (Å²) >= 11 is 0. The van der Waals surface area contributed by atoms with Crippen molar-refractivity contribution in [2.45, 2.75) is 0 Å². The summed E-state index contributed by atoms with van der Waals surface area (Å²) in [6.07, 6.45) is 0. The SMILES string of the molecule is c1ccc(-c2nc(-c3ccccc3)[nH+]c(-c3cccc(-n4c5ccccc5c5c6ccccc6c6nc7ccccc7n6c54)c3)n2)cc1. The maximum Gasteiger partial charge on any atom is 0.308 e. The third-order valence-corrected chi connectivity index (χ3v) is 9.19. The lowest BCUT2D eigenvalue weighted by atomic mass is 10.1. The van der Waals surface area contributed by atoms with Gasteiger partial charge in [0.25, 0.3) is 11.6 Å². The zero-order valence-electron chi connectivity index (χ0n) is 25.7. The van der Waals surface area contributed by atoms with Crippen LogP contribution in [0.4, 0.5) is 0 Å². The molecule has 1 N–H and O–H groups in total. The van der Waals surface area contributed by atoms with Gasteiger partial charge in [-0.05, 0) is 66.0 Å². The molecule has 0 saturated carbocycles. The molecule has 0 aliphatic heterocycles. The molecule has 0 spiro atoms. The molecule has 4 heterocycles. The molecular formula is C42H27N6+. The second-order valence-corrected chi connectivity index (χ2v) is 12.0. The Bertz CT molecular complexity index is 2780. The number of para-hydroxylation sites is 3. The molecule has 10 aromatic rings. The molecule has 6 aromatic carbocycles. The number of pyridine rings is 1. The fraction of sp³-hybridized carbons (Fsp3) is 0. The van der Waals surface area contributed by atoms with Gasteiger partial charge in [-0.2, -0.15) is 0 Å². The normalized spacial score (nSPS) is 11.8. The van der Waals surface area contributed by atoms with Crippen LogP contribution in [0.15, 0.2) is 158 Å². The third kappa shape index (κ3) is 3.99. The number of aromatic amines is 1. The molecule has 0 amide bonds. The maximum atomic E-state index is 5.17. The van der Waals surface area contributed by atoms with E-state index in [0.717, 1.165) is 67.3 Å². The van der Waals surface area contributed by atoms with Gasteiger partial charge in [-0.3, -0.25) is 8.97 Å². The van der Waals surface area contributed by atoms with Crippen LogP contribution in [0.5, 0.6) is 0 Å². The second kappa shape index (κ2) is 10.4. The number of rotatable bonds is 4. The lowest BCUT2D eigenvalue weighted by molar-refractivity contribution is -0.359. The highest BCUT2D eigenvalue weighted by molar-refractivity contribution is 6.23. The van der Waals surface area contributed by atoms with Gasteiger partial charge in [0.05, 0.1) is 33.2 Å². The molecular weight excluding hydrogens is 589 g/mol. The molecule has 4 aromatic heterocycles. The highest BCUT2D eigenvalue weighted by Crippen LogP contribution is 2.40. The molecule has 6 heteroatoms. The second-order valence-electron chi connectivity index (χ2n) is 12.0. The van der Waals surface area contributed by atoms with Crippen LogP contribution in [0.25, 0.3) is 89.2 Å². The van der Waals surface area contributed by atoms with E-state index in [1.165, 1.54) is 16.2 Å². The van der Waals surface area contributed by atoms with Crippen LogP contribution in [-0.2, 0) is 0 Å². The predicted octanol–water partition coefficient (Wildman–Crippen LogP) is 9.34. The first-order chi connectivity index (χ1) is 23.8. The number of imidazole rings is 1. The van der Waals surface area contributed by atoms with Crippen LogP contribution >= 0.6 is 0 Å². The van der Waals surface area contributed by atoms with Gasteiger partial charge in [-0.25, -0.2) is 9.97 Å². The van der Waals surface area contributed by atoms with Crippen molar-refractivity contribution in [1.82, 2.24) is 23.9 Å². The Morgan fingerprint density at radius 1 is 0.458 bits per heavy atom. The summed E-state index contributed by atoms with van der Waals surface area (Å²) in [4.78, 5) is 18.8. The lowest BCUT2D eigenvalue weighted by Gasteiger charge is -2.12. The summed E-state index contributed by atoms with van der Waals surface area (Å²) in [7, 11) is 0. The Morgan fingerprint density at radius 2 is 1.06 bits per heavy atom. The molecule has 0 bridgehead atoms. The molecule has 0 saturated heterocycles. The van der Waals surface area contributed by atoms with E-state index < -0.39 is 0 Å². The minimum absolute atomic E-state index is 0.670. The largest absolute Gasteiger partial charge is 0.308 e. The molecule has 0 aliphatic carbocycles. The molecule has 6 nitrogen and oxygen atoms in total. The minimum atomic E-state index is 0.670. The van der Waals surface area contributed by atoms with Crippen LogP contribution < -0.4 is 4.98 Å². The molecule has 0 fully saturated rings. The van der Waals surface area contributed by atoms with E-state index in [-0.39, 0.29) is 0 Å². The molecule has 0 aliphatic rings. The van der Waals surface area contributed by atoms with Gasteiger partial charge in [0.2, 0.25) is 0 Å². The van der Waals surface area contributed by atoms with E-state index in [2.05, 4.69) is 123 Å². The number of fused-ring (bicyclic) bond motifs is 10. The van der Waals surface area contributed by atoms with Gasteiger partial charge in [0.15, 0.2) is 0 Å². The standard InChI is InChI=1S/C42H26N6/c1-3-14-27(15-4-1)38-44-39(28-16-5-2-6-17-28)46-40(45-38)29-18-13-19-30(26-29)47-35-24-11-9-22-33(35)37-31-20-7-8-21-32(31)41-43-34-23-10-12-25-36(34)48(41)42(37)47/h1-26H/p+1. The zero-order chi connectivity index (χ0) is 31.6. The molecule has 10 rings (SSSR count). The minimum Gasteiger partial charge on any atom is -0.295 e. The Balaban J connectivity index is 1.28. The summed E-state index contributed by atoms with van der Waals surface area (Å²) in [5.74, 6) is 2.18. The summed E-state index contributed by atoms with van der Waals surface area (Å²) in [5, 5.41) is 4.72. The average Bonchev–Trinajstić information content (AvgIpc) is 3.72. The maximum absolute atomic E-state index is 5.17. The van der Waals surface area contributed by atoms with Crippen molar-refractivity contribution >= 4 is 49.4 Å². The summed E-state index contributed by atoms with van der Waals surface area (Å²) in [6.45, 7) is 0. The van der Waals surface area contributed by atoms with Gasteiger partial charge in [-0.15, -0.1) is 0 Å². The first-order valence-corrected chi connectivity index (χ1v) is 16.1. The van der Waals surface area contributed by atoms with E-state index in [1.54, 1.807) is 0 Å². The van der Waals surface area contributed by atoms with Gasteiger partial charge >= 0.3 is 5.82 Å². The average molecular weight is 616 g/mol. The van der Waals surface area contributed by atoms with Crippen molar-refractivity contribution in [3.8, 4) is 39.9 Å². The summed E-state index contributed by atoms with van der Waals surface area (Å²) < 4.78 is 4.70. The molecule has 0 atom stereocenters. The van der Waals surface area contributed by atoms with Gasteiger partial charge < -0.3 is 0 Å². The lowest BCUT2D eigenvalue weighted by Crippen LogP contribution is -2.17. The molecule has 0 unspecified atom stereocenters. The van der Waals surface area contributed by atoms with Crippen molar-refractivity contribution in [3.63, 3.8) is 0 Å². The van der Waals surface area contributed by atoms with E-state index in [1.807, 2.05) is 48.5 Å². The van der Waals surface area contributed by atoms with Crippen LogP contribution in [0, 0.1) is 0 Å². The Hall–Kier alpha value is -6.66. The molecule has 224 valence electrons. The third-order valence-electron chi connectivity index (χ3n) is 9.19. The molecule has 0 radical (unpaired) electrons. The van der Waals surface area contributed by atoms with E-state index in [9.17, 15) is 0 Å². The van der Waals surface area contributed by atoms with Crippen molar-refractivity contribution < 1.29 is 4.98 Å². The number of H-pyrrole nitrogens is 1. The Morgan fingerprint density at radius 3 is 1.85 bits per heavy atom. The summed E-state index contributed by atoms with van der Waals surface area (Å²) in [6, 6.07) is 54.6. The molecule has 48 heavy (non-hydrogen) atoms. The van der Waals surface area contributed by atoms with Crippen LogP contribution in [0.2, 0.25) is 0 Å². The smallest absolute Gasteiger partial charge is 0.295 e. The quantitative estimate of drug-likeness (QED) is 0.198. The zero-order valence-corrected chi connectivity index (χ0v) is 25.7. The predicted molar refractivity (Wildman–Crippen MR) is 193 cm³/mol. The summed E-state index contributed by atoms with van der Waals surface area (Å²) in [5.41, 5.74) is 9.15. The highest BCUT2D eigenvalue weighted by atomic mass is 15.1. The Kier molecular flexibility index (Phi) is 5.77. The first-order valence-electron chi connectivity index (χ1n) is 16.1. The van der Waals surface area contributed by atoms with E-state index in [4.69, 9.17) is 15.0 Å². The van der Waals surface area contributed by atoms with Crippen LogP contribution in [-0.4, -0.2) is 23.9 Å². The van der Waals surface area contributed by atoms with Crippen LogP contribution in [0.3, 0.4) is 0 Å². The van der Waals surface area contributed by atoms with Crippen LogP contribution in [0.1, 0.15) is 0 Å². The fourth-order valence-electron chi connectivity index (χ4n) is 7.07. The fourth-order valence-corrected chi connectivity index (χ4v) is 7.07. The number of aromatic nitrogens is 6. The number of hydrogen-bond acceptors (Lipinski definition) is 3. The topological polar surface area (TPSA) is 62.2 Å². The van der Waals surface area contributed by atoms with Crippen molar-refractivity contribution in [2.75, 3.05) is 0 Å². The van der Waals surface area contributed by atoms with Gasteiger partial charge in [-0.1, -0.05) is 107 Å². The Labute approximate surface area is 275 Å². The van der Waals surface area contributed by atoms with Crippen molar-refractivity contribution in [2.24, 2.45) is 0 Å². The van der Waals surface area contributed by atoms with Gasteiger partial charge in [0.1, 0.15) is 11.3 Å².